The zero-order valence-corrected chi connectivity index (χ0v) is 14.4. The quantitative estimate of drug-likeness (QED) is 0.777. The number of aryl methyl sites for hydroxylation is 1. The van der Waals surface area contributed by atoms with Crippen LogP contribution in [-0.2, 0) is 6.42 Å². The Bertz CT molecular complexity index is 833. The number of aromatic nitrogens is 2. The van der Waals surface area contributed by atoms with Gasteiger partial charge in [-0.15, -0.1) is 0 Å². The van der Waals surface area contributed by atoms with Crippen molar-refractivity contribution in [2.75, 3.05) is 0 Å². The van der Waals surface area contributed by atoms with E-state index in [1.807, 2.05) is 6.92 Å². The van der Waals surface area contributed by atoms with Crippen LogP contribution < -0.4 is 0 Å². The van der Waals surface area contributed by atoms with Gasteiger partial charge in [0.25, 0.3) is 0 Å². The fourth-order valence-corrected chi connectivity index (χ4v) is 2.83. The van der Waals surface area contributed by atoms with Crippen LogP contribution in [0.4, 0.5) is 0 Å². The van der Waals surface area contributed by atoms with Crippen molar-refractivity contribution in [3.05, 3.63) is 88.3 Å². The first kappa shape index (κ1) is 16.2. The average molecular weight is 318 g/mol. The van der Waals surface area contributed by atoms with Gasteiger partial charge in [-0.3, -0.25) is 0 Å². The van der Waals surface area contributed by atoms with Crippen LogP contribution in [0.2, 0.25) is 0 Å². The Balaban J connectivity index is 1.90. The van der Waals surface area contributed by atoms with Crippen molar-refractivity contribution in [2.24, 2.45) is 0 Å². The molecule has 0 radical (unpaired) electrons. The van der Waals surface area contributed by atoms with Gasteiger partial charge < -0.3 is 0 Å². The van der Waals surface area contributed by atoms with Gasteiger partial charge in [-0.25, -0.2) is 4.63 Å². The van der Waals surface area contributed by atoms with E-state index in [4.69, 9.17) is 4.63 Å². The van der Waals surface area contributed by atoms with E-state index in [0.717, 1.165) is 23.4 Å². The molecule has 3 heteroatoms. The van der Waals surface area contributed by atoms with Crippen molar-refractivity contribution in [2.45, 2.75) is 33.6 Å². The topological polar surface area (TPSA) is 38.9 Å². The summed E-state index contributed by atoms with van der Waals surface area (Å²) in [6.07, 6.45) is 12.3. The summed E-state index contributed by atoms with van der Waals surface area (Å²) in [4.78, 5) is 0. The molecule has 1 aliphatic carbocycles. The zero-order valence-electron chi connectivity index (χ0n) is 14.4. The summed E-state index contributed by atoms with van der Waals surface area (Å²) in [5.41, 5.74) is 7.74. The van der Waals surface area contributed by atoms with Crippen LogP contribution in [-0.4, -0.2) is 10.3 Å². The molecule has 0 saturated carbocycles. The number of nitrogens with zero attached hydrogens (tertiary/aromatic N) is 2. The van der Waals surface area contributed by atoms with Crippen LogP contribution in [0.3, 0.4) is 0 Å². The number of hydrogen-bond donors (Lipinski definition) is 0. The van der Waals surface area contributed by atoms with Crippen LogP contribution in [0.5, 0.6) is 0 Å². The third-order valence-electron chi connectivity index (χ3n) is 4.20. The minimum absolute atomic E-state index is 0.717. The highest BCUT2D eigenvalue weighted by Gasteiger charge is 2.17. The van der Waals surface area contributed by atoms with Crippen molar-refractivity contribution in [1.82, 2.24) is 10.3 Å². The Labute approximate surface area is 143 Å². The van der Waals surface area contributed by atoms with Crippen molar-refractivity contribution >= 4 is 5.57 Å². The molecule has 0 bridgehead atoms. The van der Waals surface area contributed by atoms with Gasteiger partial charge in [-0.1, -0.05) is 70.9 Å². The smallest absolute Gasteiger partial charge is 0.138 e. The summed E-state index contributed by atoms with van der Waals surface area (Å²) in [6.45, 7) is 6.23. The normalized spacial score (nSPS) is 15.0. The molecule has 2 aromatic rings. The summed E-state index contributed by atoms with van der Waals surface area (Å²) in [5, 5.41) is 8.33. The van der Waals surface area contributed by atoms with E-state index >= 15 is 0 Å². The Hall–Kier alpha value is -2.68. The second-order valence-corrected chi connectivity index (χ2v) is 6.13. The second-order valence-electron chi connectivity index (χ2n) is 6.13. The van der Waals surface area contributed by atoms with Gasteiger partial charge in [0.2, 0.25) is 0 Å². The largest absolute Gasteiger partial charge is 0.244 e. The molecule has 1 aliphatic rings. The van der Waals surface area contributed by atoms with Gasteiger partial charge in [0.15, 0.2) is 0 Å². The minimum Gasteiger partial charge on any atom is -0.244 e. The summed E-state index contributed by atoms with van der Waals surface area (Å²) in [7, 11) is 0. The van der Waals surface area contributed by atoms with Crippen LogP contribution in [0.25, 0.3) is 5.57 Å². The summed E-state index contributed by atoms with van der Waals surface area (Å²) in [5.74, 6) is 0. The Morgan fingerprint density at radius 2 is 1.92 bits per heavy atom. The van der Waals surface area contributed by atoms with E-state index in [1.165, 1.54) is 22.3 Å². The first-order chi connectivity index (χ1) is 11.7. The maximum atomic E-state index is 5.07. The molecule has 0 spiro atoms. The van der Waals surface area contributed by atoms with Crippen molar-refractivity contribution < 1.29 is 4.63 Å². The monoisotopic (exact) mass is 318 g/mol. The van der Waals surface area contributed by atoms with E-state index < -0.39 is 0 Å². The molecule has 1 heterocycles. The standard InChI is InChI=1S/C21H22N2O/c1-4-19(18-7-5-6-15(2)10-13-18)21-20(22-24-23-21)14-17-11-8-16(3)9-12-17/h4-6,8-13H,7,14H2,1-3H3/b19-4-. The summed E-state index contributed by atoms with van der Waals surface area (Å²) in [6, 6.07) is 8.49. The number of rotatable bonds is 4. The molecular formula is C21H22N2O. The lowest BCUT2D eigenvalue weighted by molar-refractivity contribution is 0.303. The lowest BCUT2D eigenvalue weighted by Gasteiger charge is -2.08. The predicted molar refractivity (Wildman–Crippen MR) is 97.5 cm³/mol. The van der Waals surface area contributed by atoms with E-state index in [0.29, 0.717) is 6.42 Å². The first-order valence-corrected chi connectivity index (χ1v) is 8.25. The van der Waals surface area contributed by atoms with Gasteiger partial charge in [0, 0.05) is 12.0 Å². The molecule has 3 nitrogen and oxygen atoms in total. The third kappa shape index (κ3) is 3.62. The highest BCUT2D eigenvalue weighted by Crippen LogP contribution is 2.29. The second kappa shape index (κ2) is 7.26. The molecule has 0 aliphatic heterocycles. The molecule has 3 rings (SSSR count). The molecular weight excluding hydrogens is 296 g/mol. The van der Waals surface area contributed by atoms with Gasteiger partial charge in [-0.05, 0) is 43.5 Å². The maximum absolute atomic E-state index is 5.07. The number of benzene rings is 1. The van der Waals surface area contributed by atoms with Gasteiger partial charge >= 0.3 is 0 Å². The van der Waals surface area contributed by atoms with E-state index in [-0.39, 0.29) is 0 Å². The molecule has 0 saturated heterocycles. The molecule has 0 unspecified atom stereocenters. The third-order valence-corrected chi connectivity index (χ3v) is 4.20. The van der Waals surface area contributed by atoms with Crippen LogP contribution in [0.1, 0.15) is 42.8 Å². The van der Waals surface area contributed by atoms with Crippen LogP contribution in [0, 0.1) is 6.92 Å². The highest BCUT2D eigenvalue weighted by molar-refractivity contribution is 5.79. The molecule has 0 fully saturated rings. The molecule has 1 aromatic heterocycles. The Morgan fingerprint density at radius 1 is 1.12 bits per heavy atom. The predicted octanol–water partition coefficient (Wildman–Crippen LogP) is 5.20. The van der Waals surface area contributed by atoms with Crippen molar-refractivity contribution in [3.63, 3.8) is 0 Å². The van der Waals surface area contributed by atoms with Crippen LogP contribution in [0.15, 0.2) is 70.4 Å². The minimum atomic E-state index is 0.717. The van der Waals surface area contributed by atoms with E-state index in [9.17, 15) is 0 Å². The van der Waals surface area contributed by atoms with Gasteiger partial charge in [-0.2, -0.15) is 0 Å². The lowest BCUT2D eigenvalue weighted by atomic mass is 9.96. The molecule has 1 aromatic carbocycles. The van der Waals surface area contributed by atoms with Gasteiger partial charge in [0.05, 0.1) is 0 Å². The van der Waals surface area contributed by atoms with Gasteiger partial charge in [0.1, 0.15) is 11.4 Å². The average Bonchev–Trinajstić information content (AvgIpc) is 2.91. The summed E-state index contributed by atoms with van der Waals surface area (Å²) < 4.78 is 5.07. The lowest BCUT2D eigenvalue weighted by Crippen LogP contribution is -1.97. The highest BCUT2D eigenvalue weighted by atomic mass is 16.6. The van der Waals surface area contributed by atoms with E-state index in [2.05, 4.69) is 78.8 Å². The molecule has 0 amide bonds. The SMILES string of the molecule is C/C=C(/C1=CC=C(C)C=CC1)c1nonc1Cc1ccc(C)cc1. The molecule has 122 valence electrons. The van der Waals surface area contributed by atoms with E-state index in [1.54, 1.807) is 0 Å². The van der Waals surface area contributed by atoms with Crippen molar-refractivity contribution in [1.29, 1.82) is 0 Å². The Morgan fingerprint density at radius 3 is 2.67 bits per heavy atom. The fourth-order valence-electron chi connectivity index (χ4n) is 2.83. The number of allylic oxidation sites excluding steroid dienone is 8. The number of hydrogen-bond acceptors (Lipinski definition) is 3. The zero-order chi connectivity index (χ0) is 16.9. The maximum Gasteiger partial charge on any atom is 0.138 e. The van der Waals surface area contributed by atoms with Crippen LogP contribution >= 0.6 is 0 Å². The molecule has 0 N–H and O–H groups in total. The Kier molecular flexibility index (Phi) is 4.90. The fraction of sp³-hybridized carbons (Fsp3) is 0.238. The molecule has 0 atom stereocenters. The van der Waals surface area contributed by atoms with Crippen molar-refractivity contribution in [3.8, 4) is 0 Å². The summed E-state index contributed by atoms with van der Waals surface area (Å²) >= 11 is 0. The first-order valence-electron chi connectivity index (χ1n) is 8.25. The molecule has 24 heavy (non-hydrogen) atoms.